The largest absolute Gasteiger partial charge is 0.416 e. The molecule has 7 heteroatoms. The standard InChI is InChI=1S/C46H28F6S/c1-25-7-3-8-26(2)42(25)36-12-5-13-37-43-32(11-6-14-41(43)53-44(36)37)29-10-4-9-27(21-29)28-15-18-35-38(22-28)40-24-31(46(50,51)52)17-20-34(40)33-19-16-30(23-39(33)35)45(47,48)49/h3-24H,1-2H3. The lowest BCUT2D eigenvalue weighted by molar-refractivity contribution is -0.138. The van der Waals surface area contributed by atoms with Crippen molar-refractivity contribution in [3.05, 3.63) is 156 Å². The predicted molar refractivity (Wildman–Crippen MR) is 208 cm³/mol. The van der Waals surface area contributed by atoms with E-state index < -0.39 is 23.5 Å². The summed E-state index contributed by atoms with van der Waals surface area (Å²) in [5, 5.41) is 4.78. The van der Waals surface area contributed by atoms with Crippen LogP contribution in [0.3, 0.4) is 0 Å². The minimum atomic E-state index is -4.59. The third-order valence-electron chi connectivity index (χ3n) is 10.4. The van der Waals surface area contributed by atoms with Crippen LogP contribution in [0.5, 0.6) is 0 Å². The lowest BCUT2D eigenvalue weighted by Gasteiger charge is -2.16. The highest BCUT2D eigenvalue weighted by Crippen LogP contribution is 2.46. The average molecular weight is 727 g/mol. The van der Waals surface area contributed by atoms with Gasteiger partial charge in [0.2, 0.25) is 0 Å². The third-order valence-corrected chi connectivity index (χ3v) is 11.6. The van der Waals surface area contributed by atoms with Gasteiger partial charge in [0.25, 0.3) is 0 Å². The van der Waals surface area contributed by atoms with Crippen molar-refractivity contribution in [3.63, 3.8) is 0 Å². The van der Waals surface area contributed by atoms with Crippen LogP contribution >= 0.6 is 11.3 Å². The Morgan fingerprint density at radius 1 is 0.415 bits per heavy atom. The number of fused-ring (bicyclic) bond motifs is 9. The second kappa shape index (κ2) is 11.9. The molecule has 1 heterocycles. The molecule has 0 fully saturated rings. The molecule has 0 radical (unpaired) electrons. The Morgan fingerprint density at radius 2 is 0.925 bits per heavy atom. The fourth-order valence-electron chi connectivity index (χ4n) is 7.93. The number of halogens is 6. The Morgan fingerprint density at radius 3 is 1.60 bits per heavy atom. The summed E-state index contributed by atoms with van der Waals surface area (Å²) in [5.41, 5.74) is 6.85. The van der Waals surface area contributed by atoms with Crippen LogP contribution in [0, 0.1) is 13.8 Å². The van der Waals surface area contributed by atoms with Crippen molar-refractivity contribution in [1.82, 2.24) is 0 Å². The van der Waals surface area contributed by atoms with E-state index in [1.54, 1.807) is 23.5 Å². The maximum absolute atomic E-state index is 14.0. The zero-order chi connectivity index (χ0) is 36.8. The van der Waals surface area contributed by atoms with Crippen LogP contribution in [-0.4, -0.2) is 0 Å². The van der Waals surface area contributed by atoms with E-state index in [2.05, 4.69) is 80.6 Å². The molecule has 9 rings (SSSR count). The molecule has 8 aromatic carbocycles. The number of hydrogen-bond acceptors (Lipinski definition) is 1. The number of rotatable bonds is 3. The van der Waals surface area contributed by atoms with E-state index in [1.165, 1.54) is 39.1 Å². The second-order valence-electron chi connectivity index (χ2n) is 13.6. The molecule has 0 amide bonds. The molecule has 0 N–H and O–H groups in total. The molecule has 0 atom stereocenters. The summed E-state index contributed by atoms with van der Waals surface area (Å²) in [4.78, 5) is 0. The Balaban J connectivity index is 1.24. The first-order chi connectivity index (χ1) is 25.4. The van der Waals surface area contributed by atoms with E-state index >= 15 is 0 Å². The maximum atomic E-state index is 14.0. The molecule has 0 aliphatic rings. The van der Waals surface area contributed by atoms with Crippen LogP contribution in [0.2, 0.25) is 0 Å². The monoisotopic (exact) mass is 726 g/mol. The van der Waals surface area contributed by atoms with E-state index in [-0.39, 0.29) is 0 Å². The van der Waals surface area contributed by atoms with Gasteiger partial charge in [0.15, 0.2) is 0 Å². The molecule has 9 aromatic rings. The second-order valence-corrected chi connectivity index (χ2v) is 14.6. The van der Waals surface area contributed by atoms with Gasteiger partial charge in [-0.3, -0.25) is 0 Å². The fourth-order valence-corrected chi connectivity index (χ4v) is 9.18. The number of thiophene rings is 1. The van der Waals surface area contributed by atoms with Crippen molar-refractivity contribution < 1.29 is 26.3 Å². The smallest absolute Gasteiger partial charge is 0.166 e. The van der Waals surface area contributed by atoms with Gasteiger partial charge >= 0.3 is 12.4 Å². The van der Waals surface area contributed by atoms with E-state index in [9.17, 15) is 26.3 Å². The molecule has 0 aliphatic heterocycles. The molecular weight excluding hydrogens is 699 g/mol. The van der Waals surface area contributed by atoms with Gasteiger partial charge < -0.3 is 0 Å². The van der Waals surface area contributed by atoms with Crippen LogP contribution < -0.4 is 0 Å². The van der Waals surface area contributed by atoms with Crippen molar-refractivity contribution >= 4 is 63.8 Å². The summed E-state index contributed by atoms with van der Waals surface area (Å²) >= 11 is 1.77. The summed E-state index contributed by atoms with van der Waals surface area (Å²) in [6.45, 7) is 4.27. The number of aryl methyl sites for hydroxylation is 2. The summed E-state index contributed by atoms with van der Waals surface area (Å²) in [7, 11) is 0. The van der Waals surface area contributed by atoms with Gasteiger partial charge in [-0.2, -0.15) is 26.3 Å². The third kappa shape index (κ3) is 5.45. The topological polar surface area (TPSA) is 0 Å². The SMILES string of the molecule is Cc1cccc(C)c1-c1cccc2c1sc1cccc(-c3cccc(-c4ccc5c(c4)c4cc(C(F)(F)F)ccc4c4ccc(C(F)(F)F)cc45)c3)c12. The first-order valence-electron chi connectivity index (χ1n) is 17.1. The molecule has 0 saturated heterocycles. The Bertz CT molecular complexity index is 2930. The molecule has 0 spiro atoms. The molecule has 260 valence electrons. The van der Waals surface area contributed by atoms with E-state index in [4.69, 9.17) is 0 Å². The zero-order valence-electron chi connectivity index (χ0n) is 28.4. The zero-order valence-corrected chi connectivity index (χ0v) is 29.2. The van der Waals surface area contributed by atoms with Gasteiger partial charge in [0.1, 0.15) is 0 Å². The van der Waals surface area contributed by atoms with Crippen molar-refractivity contribution in [3.8, 4) is 33.4 Å². The molecule has 0 saturated carbocycles. The lowest BCUT2D eigenvalue weighted by atomic mass is 9.89. The van der Waals surface area contributed by atoms with Gasteiger partial charge in [-0.15, -0.1) is 11.3 Å². The van der Waals surface area contributed by atoms with Gasteiger partial charge in [0.05, 0.1) is 11.1 Å². The first-order valence-corrected chi connectivity index (χ1v) is 17.9. The van der Waals surface area contributed by atoms with Crippen molar-refractivity contribution in [2.24, 2.45) is 0 Å². The molecule has 0 nitrogen and oxygen atoms in total. The quantitative estimate of drug-likeness (QED) is 0.126. The highest BCUT2D eigenvalue weighted by molar-refractivity contribution is 7.26. The normalized spacial score (nSPS) is 12.5. The summed E-state index contributed by atoms with van der Waals surface area (Å²) in [5.74, 6) is 0. The van der Waals surface area contributed by atoms with Gasteiger partial charge in [-0.1, -0.05) is 91.0 Å². The Kier molecular flexibility index (Phi) is 7.48. The average Bonchev–Trinajstić information content (AvgIpc) is 3.53. The number of alkyl halides is 6. The Hall–Kier alpha value is -5.66. The highest BCUT2D eigenvalue weighted by Gasteiger charge is 2.32. The van der Waals surface area contributed by atoms with Crippen LogP contribution in [0.4, 0.5) is 26.3 Å². The Labute approximate surface area is 304 Å². The van der Waals surface area contributed by atoms with E-state index in [1.807, 2.05) is 18.2 Å². The summed E-state index contributed by atoms with van der Waals surface area (Å²) in [6, 6.07) is 39.4. The molecule has 53 heavy (non-hydrogen) atoms. The minimum Gasteiger partial charge on any atom is -0.166 e. The lowest BCUT2D eigenvalue weighted by Crippen LogP contribution is -2.05. The minimum absolute atomic E-state index is 0.328. The fraction of sp³-hybridized carbons (Fsp3) is 0.0870. The molecule has 0 bridgehead atoms. The van der Waals surface area contributed by atoms with Crippen LogP contribution in [0.1, 0.15) is 22.3 Å². The van der Waals surface area contributed by atoms with Gasteiger partial charge in [0, 0.05) is 25.7 Å². The molecular formula is C46H28F6S. The predicted octanol–water partition coefficient (Wildman–Crippen LogP) is 15.2. The first kappa shape index (κ1) is 33.2. The number of benzene rings is 8. The molecule has 0 unspecified atom stereocenters. The van der Waals surface area contributed by atoms with Crippen molar-refractivity contribution in [1.29, 1.82) is 0 Å². The van der Waals surface area contributed by atoms with E-state index in [0.717, 1.165) is 62.0 Å². The number of hydrogen-bond donors (Lipinski definition) is 0. The maximum Gasteiger partial charge on any atom is 0.416 e. The van der Waals surface area contributed by atoms with Crippen LogP contribution in [0.15, 0.2) is 133 Å². The van der Waals surface area contributed by atoms with Crippen LogP contribution in [0.25, 0.3) is 85.9 Å². The van der Waals surface area contributed by atoms with Crippen LogP contribution in [-0.2, 0) is 12.4 Å². The van der Waals surface area contributed by atoms with E-state index in [0.29, 0.717) is 32.3 Å². The van der Waals surface area contributed by atoms with Gasteiger partial charge in [-0.05, 0) is 128 Å². The van der Waals surface area contributed by atoms with Crippen molar-refractivity contribution in [2.75, 3.05) is 0 Å². The van der Waals surface area contributed by atoms with Gasteiger partial charge in [-0.25, -0.2) is 0 Å². The summed E-state index contributed by atoms with van der Waals surface area (Å²) in [6.07, 6.45) is -9.17. The summed E-state index contributed by atoms with van der Waals surface area (Å²) < 4.78 is 85.8. The highest BCUT2D eigenvalue weighted by atomic mass is 32.1. The molecule has 0 aliphatic carbocycles. The van der Waals surface area contributed by atoms with Crippen molar-refractivity contribution in [2.45, 2.75) is 26.2 Å². The molecule has 1 aromatic heterocycles.